The van der Waals surface area contributed by atoms with Crippen LogP contribution in [0.5, 0.6) is 0 Å². The van der Waals surface area contributed by atoms with Crippen LogP contribution < -0.4 is 15.5 Å². The lowest BCUT2D eigenvalue weighted by Crippen LogP contribution is -2.44. The monoisotopic (exact) mass is 318 g/mol. The van der Waals surface area contributed by atoms with Gasteiger partial charge in [0, 0.05) is 45.5 Å². The van der Waals surface area contributed by atoms with E-state index in [0.717, 1.165) is 24.6 Å². The van der Waals surface area contributed by atoms with Crippen molar-refractivity contribution in [1.29, 1.82) is 0 Å². The van der Waals surface area contributed by atoms with Crippen LogP contribution in [-0.2, 0) is 9.53 Å². The van der Waals surface area contributed by atoms with Crippen molar-refractivity contribution in [2.24, 2.45) is 4.99 Å². The van der Waals surface area contributed by atoms with Crippen LogP contribution in [0.4, 0.5) is 5.69 Å². The summed E-state index contributed by atoms with van der Waals surface area (Å²) in [6, 6.07) is 9.85. The Morgan fingerprint density at radius 1 is 1.39 bits per heavy atom. The molecule has 1 atom stereocenters. The molecule has 1 fully saturated rings. The van der Waals surface area contributed by atoms with E-state index in [2.05, 4.69) is 15.6 Å². The number of carbonyl (C=O) groups is 1. The van der Waals surface area contributed by atoms with Gasteiger partial charge in [0.2, 0.25) is 5.91 Å². The molecule has 126 valence electrons. The molecule has 0 bridgehead atoms. The first-order chi connectivity index (χ1) is 11.2. The number of rotatable bonds is 7. The Balaban J connectivity index is 1.92. The van der Waals surface area contributed by atoms with Crippen molar-refractivity contribution >= 4 is 17.6 Å². The minimum absolute atomic E-state index is 0.0722. The number of hydrogen-bond acceptors (Lipinski definition) is 3. The second-order valence-corrected chi connectivity index (χ2v) is 5.49. The van der Waals surface area contributed by atoms with Crippen molar-refractivity contribution in [3.05, 3.63) is 30.3 Å². The number of guanidine groups is 1. The van der Waals surface area contributed by atoms with Gasteiger partial charge in [-0.05, 0) is 25.5 Å². The summed E-state index contributed by atoms with van der Waals surface area (Å²) in [5.74, 6) is 0.903. The number of carbonyl (C=O) groups excluding carboxylic acids is 1. The molecule has 2 N–H and O–H groups in total. The average molecular weight is 318 g/mol. The van der Waals surface area contributed by atoms with Crippen molar-refractivity contribution < 1.29 is 9.53 Å². The number of ether oxygens (including phenoxy) is 1. The topological polar surface area (TPSA) is 66.0 Å². The van der Waals surface area contributed by atoms with Gasteiger partial charge in [0.25, 0.3) is 0 Å². The molecule has 2 rings (SSSR count). The highest BCUT2D eigenvalue weighted by molar-refractivity contribution is 5.97. The molecule has 0 aliphatic carbocycles. The Morgan fingerprint density at radius 3 is 2.87 bits per heavy atom. The molecule has 0 spiro atoms. The van der Waals surface area contributed by atoms with Crippen LogP contribution >= 0.6 is 0 Å². The van der Waals surface area contributed by atoms with Gasteiger partial charge in [-0.15, -0.1) is 0 Å². The zero-order valence-corrected chi connectivity index (χ0v) is 13.9. The van der Waals surface area contributed by atoms with E-state index < -0.39 is 0 Å². The average Bonchev–Trinajstić information content (AvgIpc) is 2.93. The van der Waals surface area contributed by atoms with E-state index in [1.165, 1.54) is 0 Å². The van der Waals surface area contributed by atoms with Crippen LogP contribution in [0.25, 0.3) is 0 Å². The summed E-state index contributed by atoms with van der Waals surface area (Å²) >= 11 is 0. The molecule has 1 heterocycles. The molecule has 6 nitrogen and oxygen atoms in total. The maximum Gasteiger partial charge on any atom is 0.229 e. The molecule has 1 saturated heterocycles. The minimum atomic E-state index is 0.0722. The summed E-state index contributed by atoms with van der Waals surface area (Å²) in [5, 5.41) is 6.58. The first-order valence-corrected chi connectivity index (χ1v) is 8.13. The molecule has 0 saturated carbocycles. The van der Waals surface area contributed by atoms with Gasteiger partial charge in [0.15, 0.2) is 5.96 Å². The predicted octanol–water partition coefficient (Wildman–Crippen LogP) is 1.38. The van der Waals surface area contributed by atoms with Crippen LogP contribution in [0.3, 0.4) is 0 Å². The molecule has 0 radical (unpaired) electrons. The summed E-state index contributed by atoms with van der Waals surface area (Å²) in [7, 11) is 1.69. The molecule has 23 heavy (non-hydrogen) atoms. The van der Waals surface area contributed by atoms with Crippen LogP contribution in [-0.4, -0.2) is 51.3 Å². The third-order valence-corrected chi connectivity index (χ3v) is 3.65. The minimum Gasteiger partial charge on any atom is -0.385 e. The van der Waals surface area contributed by atoms with Crippen molar-refractivity contribution in [2.75, 3.05) is 38.3 Å². The van der Waals surface area contributed by atoms with Gasteiger partial charge in [0.05, 0.1) is 6.04 Å². The molecule has 1 aliphatic heterocycles. The first-order valence-electron chi connectivity index (χ1n) is 8.13. The number of amides is 1. The van der Waals surface area contributed by atoms with Gasteiger partial charge >= 0.3 is 0 Å². The molecule has 0 aromatic heterocycles. The van der Waals surface area contributed by atoms with E-state index in [4.69, 9.17) is 4.74 Å². The van der Waals surface area contributed by atoms with Gasteiger partial charge in [0.1, 0.15) is 0 Å². The van der Waals surface area contributed by atoms with E-state index >= 15 is 0 Å². The van der Waals surface area contributed by atoms with Crippen molar-refractivity contribution in [3.8, 4) is 0 Å². The predicted molar refractivity (Wildman–Crippen MR) is 92.8 cm³/mol. The number of para-hydroxylation sites is 1. The number of anilines is 1. The fourth-order valence-corrected chi connectivity index (χ4v) is 2.57. The van der Waals surface area contributed by atoms with E-state index in [1.807, 2.05) is 42.2 Å². The first kappa shape index (κ1) is 17.3. The fraction of sp³-hybridized carbons (Fsp3) is 0.529. The van der Waals surface area contributed by atoms with Crippen molar-refractivity contribution in [1.82, 2.24) is 10.6 Å². The standard InChI is InChI=1S/C17H26N4O2/c1-3-18-17(19-10-7-11-23-2)20-14-12-16(22)21(13-14)15-8-5-4-6-9-15/h4-6,8-9,14H,3,7,10-13H2,1-2H3,(H2,18,19,20). The molecule has 6 heteroatoms. The van der Waals surface area contributed by atoms with Gasteiger partial charge < -0.3 is 20.3 Å². The van der Waals surface area contributed by atoms with Crippen molar-refractivity contribution in [3.63, 3.8) is 0 Å². The van der Waals surface area contributed by atoms with E-state index in [0.29, 0.717) is 26.1 Å². The maximum atomic E-state index is 12.2. The Bertz CT molecular complexity index is 519. The number of methoxy groups -OCH3 is 1. The summed E-state index contributed by atoms with van der Waals surface area (Å²) in [5.41, 5.74) is 0.948. The summed E-state index contributed by atoms with van der Waals surface area (Å²) in [4.78, 5) is 18.6. The number of hydrogen-bond donors (Lipinski definition) is 2. The van der Waals surface area contributed by atoms with E-state index in [1.54, 1.807) is 7.11 Å². The summed E-state index contributed by atoms with van der Waals surface area (Å²) in [6.45, 7) is 4.88. The van der Waals surface area contributed by atoms with Crippen LogP contribution in [0.2, 0.25) is 0 Å². The number of nitrogens with zero attached hydrogens (tertiary/aromatic N) is 2. The SMILES string of the molecule is CCNC(=NCCCOC)NC1CC(=O)N(c2ccccc2)C1. The largest absolute Gasteiger partial charge is 0.385 e. The summed E-state index contributed by atoms with van der Waals surface area (Å²) < 4.78 is 5.03. The zero-order valence-electron chi connectivity index (χ0n) is 13.9. The highest BCUT2D eigenvalue weighted by Gasteiger charge is 2.30. The van der Waals surface area contributed by atoms with Crippen LogP contribution in [0, 0.1) is 0 Å². The number of nitrogens with one attached hydrogen (secondary N) is 2. The Morgan fingerprint density at radius 2 is 2.17 bits per heavy atom. The van der Waals surface area contributed by atoms with Gasteiger partial charge in [-0.25, -0.2) is 0 Å². The lowest BCUT2D eigenvalue weighted by Gasteiger charge is -2.19. The molecule has 1 aromatic carbocycles. The second kappa shape index (κ2) is 9.15. The Labute approximate surface area is 137 Å². The smallest absolute Gasteiger partial charge is 0.229 e. The zero-order chi connectivity index (χ0) is 16.5. The molecule has 1 amide bonds. The third kappa shape index (κ3) is 5.25. The normalized spacial score (nSPS) is 18.3. The Kier molecular flexibility index (Phi) is 6.87. The number of aliphatic imine (C=N–C) groups is 1. The van der Waals surface area contributed by atoms with Crippen molar-refractivity contribution in [2.45, 2.75) is 25.8 Å². The van der Waals surface area contributed by atoms with Gasteiger partial charge in [-0.3, -0.25) is 9.79 Å². The molecular weight excluding hydrogens is 292 g/mol. The highest BCUT2D eigenvalue weighted by Crippen LogP contribution is 2.20. The van der Waals surface area contributed by atoms with E-state index in [-0.39, 0.29) is 11.9 Å². The molecule has 1 unspecified atom stereocenters. The van der Waals surface area contributed by atoms with E-state index in [9.17, 15) is 4.79 Å². The molecular formula is C17H26N4O2. The molecule has 1 aliphatic rings. The van der Waals surface area contributed by atoms with Gasteiger partial charge in [-0.2, -0.15) is 0 Å². The highest BCUT2D eigenvalue weighted by atomic mass is 16.5. The third-order valence-electron chi connectivity index (χ3n) is 3.65. The Hall–Kier alpha value is -2.08. The quantitative estimate of drug-likeness (QED) is 0.453. The van der Waals surface area contributed by atoms with Crippen LogP contribution in [0.1, 0.15) is 19.8 Å². The van der Waals surface area contributed by atoms with Gasteiger partial charge in [-0.1, -0.05) is 18.2 Å². The summed E-state index contributed by atoms with van der Waals surface area (Å²) in [6.07, 6.45) is 1.37. The second-order valence-electron chi connectivity index (χ2n) is 5.49. The number of benzene rings is 1. The lowest BCUT2D eigenvalue weighted by atomic mass is 10.2. The van der Waals surface area contributed by atoms with Crippen LogP contribution in [0.15, 0.2) is 35.3 Å². The molecule has 1 aromatic rings. The lowest BCUT2D eigenvalue weighted by molar-refractivity contribution is -0.117. The fourth-order valence-electron chi connectivity index (χ4n) is 2.57. The maximum absolute atomic E-state index is 12.2.